The average Bonchev–Trinajstić information content (AvgIpc) is 1.55. The minimum absolute atomic E-state index is 0.0167. The average molecular weight is 2180 g/mol. The maximum atomic E-state index is 15.7. The van der Waals surface area contributed by atoms with Crippen molar-refractivity contribution in [1.82, 2.24) is 9.80 Å². The second kappa shape index (κ2) is 52.0. The Morgan fingerprint density at radius 3 is 1.20 bits per heavy atom. The third-order valence-electron chi connectivity index (χ3n) is 27.5. The van der Waals surface area contributed by atoms with Crippen LogP contribution >= 0.6 is 74.5 Å². The summed E-state index contributed by atoms with van der Waals surface area (Å²) in [5.41, 5.74) is -4.85. The molecular formula is C89H125F17N2O24P4S4. The number of aryl methyl sites for hydroxylation is 2. The van der Waals surface area contributed by atoms with Crippen LogP contribution in [0.3, 0.4) is 0 Å². The van der Waals surface area contributed by atoms with E-state index < -0.39 is 188 Å². The maximum absolute atomic E-state index is 15.7. The molecule has 51 heteroatoms. The van der Waals surface area contributed by atoms with Crippen LogP contribution in [0.15, 0.2) is 36.4 Å². The highest BCUT2D eigenvalue weighted by molar-refractivity contribution is 8.77. The van der Waals surface area contributed by atoms with Crippen molar-refractivity contribution in [2.24, 2.45) is 46.3 Å². The fraction of sp³-hybridized carbons (Fsp3) is 0.730. The van der Waals surface area contributed by atoms with Crippen molar-refractivity contribution in [3.05, 3.63) is 116 Å². The molecular weight excluding hydrogens is 2060 g/mol. The van der Waals surface area contributed by atoms with Crippen molar-refractivity contribution in [2.45, 2.75) is 230 Å². The van der Waals surface area contributed by atoms with Crippen molar-refractivity contribution in [2.75, 3.05) is 137 Å². The number of halogens is 17. The van der Waals surface area contributed by atoms with Crippen molar-refractivity contribution in [3.8, 4) is 23.0 Å². The van der Waals surface area contributed by atoms with Gasteiger partial charge in [-0.05, 0) is 269 Å². The van der Waals surface area contributed by atoms with E-state index in [1.807, 2.05) is 6.07 Å². The third-order valence-corrected chi connectivity index (χ3v) is 35.4. The molecule has 0 spiro atoms. The van der Waals surface area contributed by atoms with Gasteiger partial charge in [0.05, 0.1) is 58.5 Å². The molecule has 4 aromatic carbocycles. The Bertz CT molecular complexity index is 4830. The molecule has 4 aromatic rings. The topological polar surface area (TPSA) is 314 Å². The molecule has 798 valence electrons. The summed E-state index contributed by atoms with van der Waals surface area (Å²) in [4.78, 5) is 52.3. The molecule has 6 aliphatic rings. The van der Waals surface area contributed by atoms with Crippen LogP contribution < -0.4 is 9.47 Å². The number of fused-ring (bicyclic) bond motifs is 10. The number of rotatable bonds is 60. The van der Waals surface area contributed by atoms with Gasteiger partial charge in [-0.2, -0.15) is 57.1 Å². The normalized spacial score (nSPS) is 23.6. The first kappa shape index (κ1) is 119. The van der Waals surface area contributed by atoms with Crippen molar-refractivity contribution in [3.63, 3.8) is 0 Å². The summed E-state index contributed by atoms with van der Waals surface area (Å²) in [6.45, 7) is 2.98. The minimum Gasteiger partial charge on any atom is -0.451 e. The van der Waals surface area contributed by atoms with Crippen LogP contribution in [0.25, 0.3) is 0 Å². The number of hydrogen-bond donors (Lipinski definition) is 5. The molecule has 4 fully saturated rings. The summed E-state index contributed by atoms with van der Waals surface area (Å²) in [6.07, 6.45) is -5.49. The standard InChI is InChI=1S/C89H125F17N2O24P4S4/c1-83(2,87(98,99)100)123-39-13-37-121-71-27-25-69-65-21-17-57-47-59(19-23-61(57)63(65)29-31-84(69,71)3)129-81-77(94)75(92)68(76(93)78(81)95)50-108(7)34-12-44-138-140-46-42-120-36-10-16-56(52-126-134(112,113)118-8)54-128-136(116,117)132-131-135(114,115)127-53-55(51-125-133(109,110)111)15-9-35-119-41-45-139-137-43-11-33-107(6)49-67-73(90)79(96)82(80(97)74(67)91)130-60-20-24-62-58(48-60)18-22-66-64(62)30-32-85(4)70(66)26-28-72(85)122-38-14-40-124-86(5,88(101,102)103)89(104,105)106/h19-20,23-24,47-48,55-56,63-66,69-72H,9-18,21-22,25-46,49-54H2,1-8H3,(H,112,113)(H,114,115)(H,116,117)(H2,109,110,111). The predicted octanol–water partition coefficient (Wildman–Crippen LogP) is 23.9. The van der Waals surface area contributed by atoms with Gasteiger partial charge in [0.1, 0.15) is 11.5 Å². The number of phosphoric ester groups is 4. The van der Waals surface area contributed by atoms with Crippen LogP contribution in [0.2, 0.25) is 0 Å². The fourth-order valence-electron chi connectivity index (χ4n) is 19.8. The van der Waals surface area contributed by atoms with Gasteiger partial charge in [0.25, 0.3) is 5.60 Å². The first-order valence-electron chi connectivity index (χ1n) is 46.2. The zero-order valence-corrected chi connectivity index (χ0v) is 85.6. The first-order chi connectivity index (χ1) is 65.6. The van der Waals surface area contributed by atoms with Gasteiger partial charge in [-0.3, -0.25) is 22.6 Å². The zero-order valence-electron chi connectivity index (χ0n) is 78.8. The maximum Gasteiger partial charge on any atom is 0.499 e. The summed E-state index contributed by atoms with van der Waals surface area (Å²) in [5.74, 6) is -14.3. The molecule has 140 heavy (non-hydrogen) atoms. The molecule has 15 unspecified atom stereocenters. The molecule has 0 heterocycles. The largest absolute Gasteiger partial charge is 0.499 e. The van der Waals surface area contributed by atoms with Crippen molar-refractivity contribution >= 4 is 74.5 Å². The molecule has 26 nitrogen and oxygen atoms in total. The van der Waals surface area contributed by atoms with E-state index in [2.05, 4.69) is 37.0 Å². The lowest BCUT2D eigenvalue weighted by Gasteiger charge is -2.50. The molecule has 0 aliphatic heterocycles. The van der Waals surface area contributed by atoms with Crippen molar-refractivity contribution in [1.29, 1.82) is 0 Å². The van der Waals surface area contributed by atoms with E-state index in [0.29, 0.717) is 79.8 Å². The fourth-order valence-corrected chi connectivity index (χ4v) is 26.1. The van der Waals surface area contributed by atoms with Gasteiger partial charge in [0, 0.05) is 99.2 Å². The minimum atomic E-state index is -5.67. The summed E-state index contributed by atoms with van der Waals surface area (Å²) in [7, 11) is -10.8. The Kier molecular flexibility index (Phi) is 44.1. The lowest BCUT2D eigenvalue weighted by Crippen LogP contribution is -2.56. The molecule has 0 saturated heterocycles. The van der Waals surface area contributed by atoms with Crippen molar-refractivity contribution < 1.29 is 187 Å². The smallest absolute Gasteiger partial charge is 0.451 e. The van der Waals surface area contributed by atoms with Crippen LogP contribution in [0.1, 0.15) is 195 Å². The Balaban J connectivity index is 0.558. The number of alkyl halides is 9. The Labute approximate surface area is 819 Å². The molecule has 10 rings (SSSR count). The monoisotopic (exact) mass is 2180 g/mol. The molecule has 0 amide bonds. The molecule has 0 radical (unpaired) electrons. The number of phosphoric acid groups is 4. The Hall–Kier alpha value is -3.19. The predicted molar refractivity (Wildman–Crippen MR) is 489 cm³/mol. The molecule has 6 aliphatic carbocycles. The lowest BCUT2D eigenvalue weighted by molar-refractivity contribution is -0.374. The van der Waals surface area contributed by atoms with Gasteiger partial charge in [0.2, 0.25) is 34.8 Å². The molecule has 5 N–H and O–H groups in total. The van der Waals surface area contributed by atoms with E-state index in [0.717, 1.165) is 94.6 Å². The van der Waals surface area contributed by atoms with Crippen LogP contribution in [0, 0.1) is 92.9 Å². The lowest BCUT2D eigenvalue weighted by atomic mass is 9.55. The first-order valence-corrected chi connectivity index (χ1v) is 57.2. The van der Waals surface area contributed by atoms with Gasteiger partial charge in [-0.25, -0.2) is 35.8 Å². The molecule has 15 atom stereocenters. The number of ether oxygens (including phenoxy) is 8. The van der Waals surface area contributed by atoms with Crippen LogP contribution in [0.5, 0.6) is 23.0 Å². The van der Waals surface area contributed by atoms with E-state index in [4.69, 9.17) is 46.7 Å². The summed E-state index contributed by atoms with van der Waals surface area (Å²) in [5, 5.41) is 0. The van der Waals surface area contributed by atoms with Crippen LogP contribution in [-0.2, 0) is 105 Å². The van der Waals surface area contributed by atoms with Gasteiger partial charge in [-0.1, -0.05) is 69.2 Å². The molecule has 4 saturated carbocycles. The third kappa shape index (κ3) is 32.2. The highest BCUT2D eigenvalue weighted by Gasteiger charge is 2.69. The number of benzene rings is 4. The second-order valence-corrected chi connectivity index (χ2v) is 48.3. The van der Waals surface area contributed by atoms with E-state index in [1.165, 1.54) is 66.1 Å². The van der Waals surface area contributed by atoms with E-state index in [9.17, 15) is 82.2 Å². The summed E-state index contributed by atoms with van der Waals surface area (Å²) >= 11 is 0. The van der Waals surface area contributed by atoms with E-state index >= 15 is 35.1 Å². The van der Waals surface area contributed by atoms with E-state index in [-0.39, 0.29) is 157 Å². The number of nitrogens with zero attached hydrogens (tertiary/aromatic N) is 2. The summed E-state index contributed by atoms with van der Waals surface area (Å²) < 4.78 is 371. The molecule has 0 aromatic heterocycles. The van der Waals surface area contributed by atoms with E-state index in [1.54, 1.807) is 31.3 Å². The highest BCUT2D eigenvalue weighted by Crippen LogP contribution is 2.65. The SMILES string of the molecule is COP(=O)(O)OCC(CCCOCCSSCCCN(C)Cc1c(F)c(F)c(Oc2ccc3c(c2)CCC2C3CCC3(C)C(OCCCOC(C)(C)C(F)(F)F)CCC23)c(F)c1F)COP(=O)(O)OOP(=O)(O)OCC(CCCOCCSSCCCN(C)Cc1c(F)c(F)c(Oc2ccc3c(c2)CCC2C3CCC3(C)C(OCCCOC(C)(C(F)(F)F)C(F)(F)F)CCC23)c(F)c1F)COP(=O)(O)O. The van der Waals surface area contributed by atoms with Gasteiger partial charge < -0.3 is 72.2 Å². The highest BCUT2D eigenvalue weighted by atomic mass is 33.1. The quantitative estimate of drug-likeness (QED) is 0.00521. The van der Waals surface area contributed by atoms with Crippen LogP contribution in [0.4, 0.5) is 74.6 Å². The van der Waals surface area contributed by atoms with Gasteiger partial charge >= 0.3 is 49.8 Å². The Morgan fingerprint density at radius 2 is 0.821 bits per heavy atom. The second-order valence-electron chi connectivity index (χ2n) is 37.4. The zero-order chi connectivity index (χ0) is 103. The van der Waals surface area contributed by atoms with Gasteiger partial charge in [-0.15, -0.1) is 9.35 Å². The van der Waals surface area contributed by atoms with Crippen LogP contribution in [-0.4, -0.2) is 213 Å². The molecule has 0 bridgehead atoms. The van der Waals surface area contributed by atoms with Gasteiger partial charge in [0.15, 0.2) is 28.9 Å². The Morgan fingerprint density at radius 1 is 0.443 bits per heavy atom. The summed E-state index contributed by atoms with van der Waals surface area (Å²) in [6, 6.07) is 9.91. The number of hydrogen-bond acceptors (Lipinski definition) is 25.